The molecule has 0 heterocycles. The van der Waals surface area contributed by atoms with Gasteiger partial charge in [-0.05, 0) is 0 Å². The minimum Gasteiger partial charge on any atom is -0.361 e. The van der Waals surface area contributed by atoms with E-state index in [1.165, 1.54) is 0 Å². The lowest BCUT2D eigenvalue weighted by atomic mass is 10.5. The molecular formula is C4H6N4O10. The zero-order valence-corrected chi connectivity index (χ0v) is 8.34. The molecule has 0 spiro atoms. The van der Waals surface area contributed by atoms with Crippen LogP contribution < -0.4 is 11.1 Å². The Morgan fingerprint density at radius 1 is 1.17 bits per heavy atom. The predicted molar refractivity (Wildman–Crippen MR) is 44.3 cm³/mol. The Labute approximate surface area is 96.6 Å². The largest absolute Gasteiger partial charge is 0.361 e. The topological polar surface area (TPSA) is 195 Å². The molecule has 0 saturated carbocycles. The summed E-state index contributed by atoms with van der Waals surface area (Å²) in [5.41, 5.74) is 4.55. The van der Waals surface area contributed by atoms with Crippen molar-refractivity contribution in [3.8, 4) is 0 Å². The monoisotopic (exact) mass is 270 g/mol. The lowest BCUT2D eigenvalue weighted by Crippen LogP contribution is -2.42. The number of rotatable bonds is 8. The maximum atomic E-state index is 10.7. The van der Waals surface area contributed by atoms with Gasteiger partial charge >= 0.3 is 22.0 Å². The molecule has 0 aromatic heterocycles. The molecule has 0 bridgehead atoms. The van der Waals surface area contributed by atoms with Gasteiger partial charge in [-0.1, -0.05) is 0 Å². The second-order valence-corrected chi connectivity index (χ2v) is 2.29. The van der Waals surface area contributed by atoms with E-state index in [-0.39, 0.29) is 0 Å². The fraction of sp³-hybridized carbons (Fsp3) is 0.500. The SMILES string of the molecule is NC(=O)C(=O)NCC(OO[N+](=O)[O-])OO[N+](=O)[O-]. The van der Waals surface area contributed by atoms with Gasteiger partial charge < -0.3 is 11.1 Å². The molecule has 0 aliphatic carbocycles. The smallest absolute Gasteiger partial charge is 0.322 e. The van der Waals surface area contributed by atoms with E-state index in [2.05, 4.69) is 25.5 Å². The third-order valence-corrected chi connectivity index (χ3v) is 1.08. The number of hydrogen-bond acceptors (Lipinski definition) is 10. The van der Waals surface area contributed by atoms with Gasteiger partial charge in [0.2, 0.25) is 6.29 Å². The van der Waals surface area contributed by atoms with Crippen LogP contribution in [-0.4, -0.2) is 34.8 Å². The minimum atomic E-state index is -1.89. The van der Waals surface area contributed by atoms with Crippen LogP contribution in [0.2, 0.25) is 0 Å². The molecule has 14 heteroatoms. The Morgan fingerprint density at radius 3 is 1.94 bits per heavy atom. The summed E-state index contributed by atoms with van der Waals surface area (Å²) < 4.78 is 0. The molecule has 0 unspecified atom stereocenters. The van der Waals surface area contributed by atoms with E-state index >= 15 is 0 Å². The maximum Gasteiger partial charge on any atom is 0.322 e. The summed E-state index contributed by atoms with van der Waals surface area (Å²) in [5.74, 6) is -2.64. The Hall–Kier alpha value is -2.74. The molecule has 18 heavy (non-hydrogen) atoms. The van der Waals surface area contributed by atoms with Crippen LogP contribution in [0.15, 0.2) is 0 Å². The summed E-state index contributed by atoms with van der Waals surface area (Å²) in [4.78, 5) is 54.9. The van der Waals surface area contributed by atoms with E-state index in [0.29, 0.717) is 0 Å². The molecule has 0 aliphatic heterocycles. The van der Waals surface area contributed by atoms with Gasteiger partial charge in [0.05, 0.1) is 6.54 Å². The maximum absolute atomic E-state index is 10.7. The standard InChI is InChI=1S/C4H6N4O10/c5-3(9)4(10)6-1-2(15-17-7(11)12)16-18-8(13)14/h2H,1H2,(H2,5,9)(H,6,10). The highest BCUT2D eigenvalue weighted by Gasteiger charge is 2.18. The lowest BCUT2D eigenvalue weighted by Gasteiger charge is -2.12. The first-order chi connectivity index (χ1) is 8.32. The summed E-state index contributed by atoms with van der Waals surface area (Å²) in [7, 11) is 0. The van der Waals surface area contributed by atoms with Crippen LogP contribution >= 0.6 is 0 Å². The normalized spacial score (nSPS) is 9.61. The van der Waals surface area contributed by atoms with Gasteiger partial charge in [-0.15, -0.1) is 30.2 Å². The van der Waals surface area contributed by atoms with Gasteiger partial charge in [-0.2, -0.15) is 9.78 Å². The Bertz CT molecular complexity index is 325. The first-order valence-corrected chi connectivity index (χ1v) is 3.86. The molecule has 102 valence electrons. The second-order valence-electron chi connectivity index (χ2n) is 2.29. The molecule has 0 aromatic carbocycles. The number of primary amides is 1. The van der Waals surface area contributed by atoms with E-state index in [4.69, 9.17) is 0 Å². The summed E-state index contributed by atoms with van der Waals surface area (Å²) in [5, 5.41) is 18.5. The van der Waals surface area contributed by atoms with Gasteiger partial charge in [0.25, 0.3) is 0 Å². The Morgan fingerprint density at radius 2 is 1.61 bits per heavy atom. The highest BCUT2D eigenvalue weighted by molar-refractivity contribution is 6.34. The molecule has 0 radical (unpaired) electrons. The zero-order valence-electron chi connectivity index (χ0n) is 8.34. The van der Waals surface area contributed by atoms with Crippen molar-refractivity contribution >= 4 is 11.8 Å². The van der Waals surface area contributed by atoms with Crippen molar-refractivity contribution in [3.05, 3.63) is 20.2 Å². The third kappa shape index (κ3) is 7.54. The Kier molecular flexibility index (Phi) is 6.38. The lowest BCUT2D eigenvalue weighted by molar-refractivity contribution is -0.891. The fourth-order valence-corrected chi connectivity index (χ4v) is 0.513. The first kappa shape index (κ1) is 15.3. The average Bonchev–Trinajstić information content (AvgIpc) is 2.26. The van der Waals surface area contributed by atoms with Gasteiger partial charge in [0.1, 0.15) is 0 Å². The van der Waals surface area contributed by atoms with Crippen molar-refractivity contribution in [1.29, 1.82) is 0 Å². The number of carbonyl (C=O) groups excluding carboxylic acids is 2. The molecule has 0 aromatic rings. The fourth-order valence-electron chi connectivity index (χ4n) is 0.513. The molecule has 3 N–H and O–H groups in total. The van der Waals surface area contributed by atoms with Crippen LogP contribution in [0.25, 0.3) is 0 Å². The van der Waals surface area contributed by atoms with E-state index in [1.807, 2.05) is 0 Å². The highest BCUT2D eigenvalue weighted by atomic mass is 17.4. The summed E-state index contributed by atoms with van der Waals surface area (Å²) in [6, 6.07) is 0. The van der Waals surface area contributed by atoms with E-state index in [9.17, 15) is 29.8 Å². The van der Waals surface area contributed by atoms with Crippen LogP contribution in [0.5, 0.6) is 0 Å². The summed E-state index contributed by atoms with van der Waals surface area (Å²) >= 11 is 0. The minimum absolute atomic E-state index is 0.747. The van der Waals surface area contributed by atoms with Crippen molar-refractivity contribution in [2.75, 3.05) is 6.54 Å². The zero-order chi connectivity index (χ0) is 14.1. The number of hydrogen-bond donors (Lipinski definition) is 2. The number of nitrogens with two attached hydrogens (primary N) is 1. The molecule has 0 rings (SSSR count). The predicted octanol–water partition coefficient (Wildman–Crippen LogP) is -2.81. The van der Waals surface area contributed by atoms with Crippen molar-refractivity contribution in [2.24, 2.45) is 5.73 Å². The molecule has 2 amide bonds. The van der Waals surface area contributed by atoms with Gasteiger partial charge in [0, 0.05) is 0 Å². The third-order valence-electron chi connectivity index (χ3n) is 1.08. The molecule has 0 atom stereocenters. The average molecular weight is 270 g/mol. The van der Waals surface area contributed by atoms with Crippen molar-refractivity contribution in [1.82, 2.24) is 5.32 Å². The molecule has 0 saturated heterocycles. The molecule has 0 aliphatic rings. The van der Waals surface area contributed by atoms with Crippen LogP contribution in [0.4, 0.5) is 0 Å². The van der Waals surface area contributed by atoms with Gasteiger partial charge in [-0.25, -0.2) is 0 Å². The van der Waals surface area contributed by atoms with Gasteiger partial charge in [0.15, 0.2) is 0 Å². The number of carbonyl (C=O) groups is 2. The molecular weight excluding hydrogens is 264 g/mol. The highest BCUT2D eigenvalue weighted by Crippen LogP contribution is 1.96. The van der Waals surface area contributed by atoms with E-state index in [1.54, 1.807) is 5.32 Å². The van der Waals surface area contributed by atoms with E-state index < -0.39 is 34.8 Å². The number of nitrogens with zero attached hydrogens (tertiary/aromatic N) is 2. The number of amides is 2. The van der Waals surface area contributed by atoms with E-state index in [0.717, 1.165) is 0 Å². The summed E-state index contributed by atoms with van der Waals surface area (Å²) in [6.45, 7) is -0.747. The quantitative estimate of drug-likeness (QED) is 0.153. The van der Waals surface area contributed by atoms with Crippen LogP contribution in [-0.2, 0) is 29.3 Å². The van der Waals surface area contributed by atoms with Crippen LogP contribution in [0.3, 0.4) is 0 Å². The first-order valence-electron chi connectivity index (χ1n) is 3.86. The van der Waals surface area contributed by atoms with Crippen molar-refractivity contribution in [2.45, 2.75) is 6.29 Å². The van der Waals surface area contributed by atoms with Gasteiger partial charge in [-0.3, -0.25) is 9.59 Å². The van der Waals surface area contributed by atoms with Crippen LogP contribution in [0.1, 0.15) is 0 Å². The number of nitrogens with one attached hydrogen (secondary N) is 1. The molecule has 0 fully saturated rings. The van der Waals surface area contributed by atoms with Crippen molar-refractivity contribution < 1.29 is 39.5 Å². The molecule has 14 nitrogen and oxygen atoms in total. The second kappa shape index (κ2) is 7.52. The summed E-state index contributed by atoms with van der Waals surface area (Å²) in [6.07, 6.45) is -1.89. The Balaban J connectivity index is 4.18. The van der Waals surface area contributed by atoms with Crippen LogP contribution in [0, 0.1) is 20.2 Å². The van der Waals surface area contributed by atoms with Crippen molar-refractivity contribution in [3.63, 3.8) is 0 Å².